The van der Waals surface area contributed by atoms with Crippen molar-refractivity contribution in [3.05, 3.63) is 67.5 Å². The summed E-state index contributed by atoms with van der Waals surface area (Å²) in [5.74, 6) is 0.0614. The molecule has 2 aliphatic rings. The summed E-state index contributed by atoms with van der Waals surface area (Å²) in [7, 11) is -4.65. The Labute approximate surface area is 197 Å². The van der Waals surface area contributed by atoms with E-state index in [9.17, 15) is 28.9 Å². The molecule has 16 heteroatoms. The van der Waals surface area contributed by atoms with Crippen LogP contribution < -0.4 is 22.7 Å². The topological polar surface area (TPSA) is 210 Å². The predicted molar refractivity (Wildman–Crippen MR) is 118 cm³/mol. The van der Waals surface area contributed by atoms with Crippen molar-refractivity contribution in [3.8, 4) is 0 Å². The minimum Gasteiger partial charge on any atom is -0.394 e. The van der Waals surface area contributed by atoms with Crippen LogP contribution in [0.1, 0.15) is 24.4 Å². The van der Waals surface area contributed by atoms with Crippen LogP contribution in [-0.2, 0) is 23.1 Å². The summed E-state index contributed by atoms with van der Waals surface area (Å²) >= 11 is 0. The van der Waals surface area contributed by atoms with E-state index in [1.54, 1.807) is 12.2 Å². The number of aromatic amines is 1. The van der Waals surface area contributed by atoms with Gasteiger partial charge in [0.25, 0.3) is 5.56 Å². The highest BCUT2D eigenvalue weighted by atomic mass is 31.2. The molecule has 0 bridgehead atoms. The number of aryl methyl sites for hydroxylation is 1. The van der Waals surface area contributed by atoms with Crippen molar-refractivity contribution in [2.24, 2.45) is 0 Å². The van der Waals surface area contributed by atoms with Gasteiger partial charge in [-0.25, -0.2) is 14.2 Å². The number of nitrogens with one attached hydrogen (secondary N) is 1. The fourth-order valence-corrected chi connectivity index (χ4v) is 4.64. The first-order chi connectivity index (χ1) is 16.6. The second-order valence-corrected chi connectivity index (χ2v) is 9.33. The van der Waals surface area contributed by atoms with Gasteiger partial charge in [0.2, 0.25) is 0 Å². The molecule has 190 valence electrons. The van der Waals surface area contributed by atoms with Crippen molar-refractivity contribution < 1.29 is 33.1 Å². The Morgan fingerprint density at radius 3 is 2.77 bits per heavy atom. The Balaban J connectivity index is 1.36. The Morgan fingerprint density at radius 1 is 1.29 bits per heavy atom. The molecule has 2 aliphatic heterocycles. The third-order valence-electron chi connectivity index (χ3n) is 5.42. The molecule has 0 amide bonds. The minimum atomic E-state index is -4.65. The van der Waals surface area contributed by atoms with Gasteiger partial charge in [-0.15, -0.1) is 0 Å². The van der Waals surface area contributed by atoms with Crippen molar-refractivity contribution in [1.82, 2.24) is 19.1 Å². The molecule has 35 heavy (non-hydrogen) atoms. The molecule has 15 nitrogen and oxygen atoms in total. The van der Waals surface area contributed by atoms with E-state index in [0.29, 0.717) is 0 Å². The number of nitrogen functional groups attached to an aromatic ring is 1. The first kappa shape index (κ1) is 25.2. The summed E-state index contributed by atoms with van der Waals surface area (Å²) in [5, 5.41) is 9.61. The largest absolute Gasteiger partial charge is 0.472 e. The van der Waals surface area contributed by atoms with Crippen LogP contribution in [0.15, 0.2) is 45.0 Å². The van der Waals surface area contributed by atoms with Gasteiger partial charge in [-0.3, -0.25) is 28.0 Å². The maximum absolute atomic E-state index is 12.5. The lowest BCUT2D eigenvalue weighted by Crippen LogP contribution is -2.33. The van der Waals surface area contributed by atoms with Crippen LogP contribution >= 0.6 is 7.82 Å². The van der Waals surface area contributed by atoms with E-state index < -0.39 is 62.1 Å². The standard InChI is InChI=1S/C19H24N5O10P/c1-10-7-24(19(28)22-17(10)26)16-6-12(13(8-25)33-16)34-35(29,30)31-9-11-2-3-15(32-11)23-5-4-14(20)21-18(23)27/h2-5,7,11-13,15-16,25H,6,8-9H2,1H3,(H,29,30)(H2,20,21,27)(H,22,26,28)/t11-,12?,13+,15+,16+/m0/s1. The van der Waals surface area contributed by atoms with E-state index in [2.05, 4.69) is 9.97 Å². The van der Waals surface area contributed by atoms with Crippen LogP contribution in [-0.4, -0.2) is 60.6 Å². The number of nitrogens with zero attached hydrogens (tertiary/aromatic N) is 3. The second kappa shape index (κ2) is 9.99. The maximum atomic E-state index is 12.5. The Kier molecular flexibility index (Phi) is 7.19. The molecule has 2 aromatic rings. The average Bonchev–Trinajstić information content (AvgIpc) is 3.41. The summed E-state index contributed by atoms with van der Waals surface area (Å²) < 4.78 is 36.3. The second-order valence-electron chi connectivity index (χ2n) is 7.93. The van der Waals surface area contributed by atoms with Gasteiger partial charge in [0, 0.05) is 24.4 Å². The maximum Gasteiger partial charge on any atom is 0.472 e. The number of aliphatic hydroxyl groups is 1. The molecular weight excluding hydrogens is 489 g/mol. The lowest BCUT2D eigenvalue weighted by Gasteiger charge is -2.21. The minimum absolute atomic E-state index is 0.0614. The number of phosphoric acid groups is 1. The van der Waals surface area contributed by atoms with E-state index >= 15 is 0 Å². The Bertz CT molecular complexity index is 1340. The molecule has 0 spiro atoms. The Hall–Kier alpha value is -2.91. The zero-order chi connectivity index (χ0) is 25.3. The first-order valence-electron chi connectivity index (χ1n) is 10.5. The molecule has 1 fully saturated rings. The van der Waals surface area contributed by atoms with Crippen LogP contribution in [0.3, 0.4) is 0 Å². The molecule has 5 N–H and O–H groups in total. The summed E-state index contributed by atoms with van der Waals surface area (Å²) in [5.41, 5.74) is 3.82. The van der Waals surface area contributed by atoms with Gasteiger partial charge >= 0.3 is 19.2 Å². The van der Waals surface area contributed by atoms with Gasteiger partial charge in [0.15, 0.2) is 6.23 Å². The average molecular weight is 513 g/mol. The SMILES string of the molecule is Cc1cn([C@H]2CC(OP(=O)(O)OC[C@@H]3C=C[C@H](n4ccc(N)nc4=O)O3)[C@@H](CO)O2)c(=O)[nH]c1=O. The number of aromatic nitrogens is 4. The van der Waals surface area contributed by atoms with Crippen molar-refractivity contribution in [2.45, 2.75) is 44.1 Å². The number of hydrogen-bond acceptors (Lipinski definition) is 11. The lowest BCUT2D eigenvalue weighted by atomic mass is 10.2. The highest BCUT2D eigenvalue weighted by molar-refractivity contribution is 7.47. The molecule has 4 rings (SSSR count). The van der Waals surface area contributed by atoms with Gasteiger partial charge in [-0.2, -0.15) is 4.98 Å². The van der Waals surface area contributed by atoms with E-state index in [0.717, 1.165) is 4.57 Å². The number of ether oxygens (including phenoxy) is 2. The summed E-state index contributed by atoms with van der Waals surface area (Å²) in [6.45, 7) is 0.567. The van der Waals surface area contributed by atoms with E-state index in [1.807, 2.05) is 0 Å². The molecular formula is C19H24N5O10P. The van der Waals surface area contributed by atoms with Crippen LogP contribution in [0.5, 0.6) is 0 Å². The first-order valence-corrected chi connectivity index (χ1v) is 12.0. The monoisotopic (exact) mass is 513 g/mol. The highest BCUT2D eigenvalue weighted by Gasteiger charge is 2.42. The summed E-state index contributed by atoms with van der Waals surface area (Å²) in [6.07, 6.45) is 1.09. The Morgan fingerprint density at radius 2 is 2.06 bits per heavy atom. The third kappa shape index (κ3) is 5.67. The molecule has 0 radical (unpaired) electrons. The number of rotatable bonds is 8. The number of hydrogen-bond donors (Lipinski definition) is 4. The molecule has 1 saturated heterocycles. The zero-order valence-electron chi connectivity index (χ0n) is 18.4. The smallest absolute Gasteiger partial charge is 0.394 e. The quantitative estimate of drug-likeness (QED) is 0.245. The van der Waals surface area contributed by atoms with E-state index in [4.69, 9.17) is 24.3 Å². The van der Waals surface area contributed by atoms with E-state index in [1.165, 1.54) is 30.0 Å². The summed E-state index contributed by atoms with van der Waals surface area (Å²) in [4.78, 5) is 51.6. The number of phosphoric ester groups is 1. The van der Waals surface area contributed by atoms with Gasteiger partial charge < -0.3 is 25.2 Å². The fraction of sp³-hybridized carbons (Fsp3) is 0.474. The molecule has 0 aromatic carbocycles. The number of H-pyrrole nitrogens is 1. The van der Waals surface area contributed by atoms with Crippen molar-refractivity contribution in [3.63, 3.8) is 0 Å². The van der Waals surface area contributed by atoms with Crippen LogP contribution in [0.4, 0.5) is 5.82 Å². The van der Waals surface area contributed by atoms with Crippen LogP contribution in [0.25, 0.3) is 0 Å². The van der Waals surface area contributed by atoms with Crippen molar-refractivity contribution in [2.75, 3.05) is 18.9 Å². The van der Waals surface area contributed by atoms with Gasteiger partial charge in [0.05, 0.1) is 13.2 Å². The molecule has 2 aromatic heterocycles. The zero-order valence-corrected chi connectivity index (χ0v) is 19.3. The molecule has 4 heterocycles. The van der Waals surface area contributed by atoms with Gasteiger partial charge in [-0.05, 0) is 19.1 Å². The van der Waals surface area contributed by atoms with Crippen LogP contribution in [0, 0.1) is 6.92 Å². The number of anilines is 1. The van der Waals surface area contributed by atoms with Crippen molar-refractivity contribution >= 4 is 13.6 Å². The molecule has 0 aliphatic carbocycles. The fourth-order valence-electron chi connectivity index (χ4n) is 3.68. The third-order valence-corrected chi connectivity index (χ3v) is 6.43. The normalized spacial score (nSPS) is 27.8. The molecule has 2 unspecified atom stereocenters. The molecule has 0 saturated carbocycles. The van der Waals surface area contributed by atoms with Crippen LogP contribution in [0.2, 0.25) is 0 Å². The number of nitrogens with two attached hydrogens (primary N) is 1. The molecule has 6 atom stereocenters. The lowest BCUT2D eigenvalue weighted by molar-refractivity contribution is -0.0492. The number of aliphatic hydroxyl groups excluding tert-OH is 1. The predicted octanol–water partition coefficient (Wildman–Crippen LogP) is -1.08. The van der Waals surface area contributed by atoms with Gasteiger partial charge in [-0.1, -0.05) is 6.08 Å². The van der Waals surface area contributed by atoms with Crippen molar-refractivity contribution in [1.29, 1.82) is 0 Å². The van der Waals surface area contributed by atoms with Gasteiger partial charge in [0.1, 0.15) is 30.4 Å². The highest BCUT2D eigenvalue weighted by Crippen LogP contribution is 2.48. The summed E-state index contributed by atoms with van der Waals surface area (Å²) in [6, 6.07) is 1.43. The van der Waals surface area contributed by atoms with E-state index in [-0.39, 0.29) is 24.4 Å².